The van der Waals surface area contributed by atoms with Crippen LogP contribution in [-0.2, 0) is 11.2 Å². The van der Waals surface area contributed by atoms with Crippen LogP contribution in [0.2, 0.25) is 0 Å². The molecule has 1 atom stereocenters. The summed E-state index contributed by atoms with van der Waals surface area (Å²) in [5, 5.41) is 0. The highest BCUT2D eigenvalue weighted by Gasteiger charge is 2.35. The lowest BCUT2D eigenvalue weighted by molar-refractivity contribution is -0.124. The molecule has 1 fully saturated rings. The smallest absolute Gasteiger partial charge is 0.133 e. The number of Topliss-reactive ketones (excluding diaryl/α,β-unsaturated/α-hetero) is 1. The molecule has 0 N–H and O–H groups in total. The molecule has 1 saturated carbocycles. The van der Waals surface area contributed by atoms with Crippen molar-refractivity contribution < 1.29 is 4.79 Å². The molecule has 0 saturated heterocycles. The Morgan fingerprint density at radius 2 is 2.40 bits per heavy atom. The van der Waals surface area contributed by atoms with Gasteiger partial charge in [0.05, 0.1) is 0 Å². The first kappa shape index (κ1) is 10.8. The zero-order chi connectivity index (χ0) is 10.9. The van der Waals surface area contributed by atoms with Crippen molar-refractivity contribution in [3.63, 3.8) is 0 Å². The van der Waals surface area contributed by atoms with Crippen LogP contribution in [-0.4, -0.2) is 10.2 Å². The van der Waals surface area contributed by atoms with Gasteiger partial charge in [0.15, 0.2) is 0 Å². The quantitative estimate of drug-likeness (QED) is 0.771. The van der Waals surface area contributed by atoms with Crippen LogP contribution in [0.4, 0.5) is 0 Å². The van der Waals surface area contributed by atoms with E-state index in [1.165, 1.54) is 4.88 Å². The summed E-state index contributed by atoms with van der Waals surface area (Å²) >= 11 is 1.56. The Labute approximate surface area is 94.9 Å². The predicted octanol–water partition coefficient (Wildman–Crippen LogP) is 3.08. The summed E-state index contributed by atoms with van der Waals surface area (Å²) in [6, 6.07) is 2.07. The first-order valence-corrected chi connectivity index (χ1v) is 6.26. The Kier molecular flexibility index (Phi) is 2.91. The molecule has 1 aromatic heterocycles. The summed E-state index contributed by atoms with van der Waals surface area (Å²) < 4.78 is 4.11. The van der Waals surface area contributed by atoms with Gasteiger partial charge in [-0.25, -0.2) is 4.37 Å². The number of hydrogen-bond acceptors (Lipinski definition) is 3. The molecule has 1 unspecified atom stereocenters. The largest absolute Gasteiger partial charge is 0.300 e. The molecule has 1 aliphatic rings. The van der Waals surface area contributed by atoms with Crippen molar-refractivity contribution in [2.24, 2.45) is 11.3 Å². The number of ketones is 1. The molecular formula is C12H17NOS. The van der Waals surface area contributed by atoms with Gasteiger partial charge in [-0.05, 0) is 41.8 Å². The van der Waals surface area contributed by atoms with Crippen molar-refractivity contribution in [3.8, 4) is 0 Å². The van der Waals surface area contributed by atoms with Crippen LogP contribution in [0.25, 0.3) is 0 Å². The Balaban J connectivity index is 2.08. The molecule has 0 amide bonds. The van der Waals surface area contributed by atoms with Gasteiger partial charge in [-0.3, -0.25) is 4.79 Å². The number of aromatic nitrogens is 1. The van der Waals surface area contributed by atoms with Crippen molar-refractivity contribution in [2.45, 2.75) is 39.5 Å². The van der Waals surface area contributed by atoms with Crippen LogP contribution in [0, 0.1) is 11.3 Å². The van der Waals surface area contributed by atoms with Crippen LogP contribution >= 0.6 is 11.5 Å². The third-order valence-electron chi connectivity index (χ3n) is 3.57. The number of hydrogen-bond donors (Lipinski definition) is 0. The van der Waals surface area contributed by atoms with Crippen molar-refractivity contribution >= 4 is 17.3 Å². The molecule has 1 aromatic rings. The zero-order valence-corrected chi connectivity index (χ0v) is 10.1. The van der Waals surface area contributed by atoms with E-state index in [9.17, 15) is 4.79 Å². The lowest BCUT2D eigenvalue weighted by Crippen LogP contribution is -2.33. The minimum Gasteiger partial charge on any atom is -0.300 e. The van der Waals surface area contributed by atoms with Gasteiger partial charge in [-0.15, -0.1) is 0 Å². The Morgan fingerprint density at radius 1 is 1.60 bits per heavy atom. The number of carbonyl (C=O) groups excluding carboxylic acids is 1. The zero-order valence-electron chi connectivity index (χ0n) is 9.32. The maximum absolute atomic E-state index is 11.5. The molecule has 3 heteroatoms. The van der Waals surface area contributed by atoms with Gasteiger partial charge in [0, 0.05) is 23.9 Å². The summed E-state index contributed by atoms with van der Waals surface area (Å²) in [7, 11) is 0. The van der Waals surface area contributed by atoms with Gasteiger partial charge in [0.1, 0.15) is 5.78 Å². The van der Waals surface area contributed by atoms with Crippen LogP contribution in [0.3, 0.4) is 0 Å². The second kappa shape index (κ2) is 4.05. The fourth-order valence-corrected chi connectivity index (χ4v) is 2.91. The van der Waals surface area contributed by atoms with E-state index in [0.29, 0.717) is 17.1 Å². The summed E-state index contributed by atoms with van der Waals surface area (Å²) in [6.45, 7) is 4.57. The summed E-state index contributed by atoms with van der Waals surface area (Å²) in [5.74, 6) is 0.933. The molecule has 0 radical (unpaired) electrons. The molecule has 2 nitrogen and oxygen atoms in total. The van der Waals surface area contributed by atoms with Crippen LogP contribution in [0.15, 0.2) is 12.3 Å². The van der Waals surface area contributed by atoms with Gasteiger partial charge in [0.25, 0.3) is 0 Å². The minimum absolute atomic E-state index is 0.303. The maximum Gasteiger partial charge on any atom is 0.133 e. The molecule has 1 aliphatic carbocycles. The van der Waals surface area contributed by atoms with E-state index >= 15 is 0 Å². The van der Waals surface area contributed by atoms with Crippen LogP contribution < -0.4 is 0 Å². The van der Waals surface area contributed by atoms with Gasteiger partial charge in [0.2, 0.25) is 0 Å². The van der Waals surface area contributed by atoms with Crippen molar-refractivity contribution in [2.75, 3.05) is 0 Å². The number of nitrogens with zero attached hydrogens (tertiary/aromatic N) is 1. The lowest BCUT2D eigenvalue weighted by Gasteiger charge is -2.37. The predicted molar refractivity (Wildman–Crippen MR) is 61.9 cm³/mol. The van der Waals surface area contributed by atoms with Gasteiger partial charge < -0.3 is 0 Å². The molecule has 2 rings (SSSR count). The summed E-state index contributed by atoms with van der Waals surface area (Å²) in [4.78, 5) is 12.8. The third-order valence-corrected chi connectivity index (χ3v) is 4.33. The Hall–Kier alpha value is -0.700. The third kappa shape index (κ3) is 2.46. The standard InChI is InChI=1S/C12H17NOS/c1-12(2)5-3-10(14)7-9(12)8-11-4-6-13-15-11/h4,6,9H,3,5,7-8H2,1-2H3. The van der Waals surface area contributed by atoms with E-state index in [2.05, 4.69) is 24.3 Å². The Morgan fingerprint density at radius 3 is 3.07 bits per heavy atom. The molecule has 0 bridgehead atoms. The fraction of sp³-hybridized carbons (Fsp3) is 0.667. The van der Waals surface area contributed by atoms with E-state index < -0.39 is 0 Å². The van der Waals surface area contributed by atoms with Crippen LogP contribution in [0.1, 0.15) is 38.0 Å². The topological polar surface area (TPSA) is 30.0 Å². The molecular weight excluding hydrogens is 206 g/mol. The maximum atomic E-state index is 11.5. The molecule has 1 heterocycles. The lowest BCUT2D eigenvalue weighted by atomic mass is 9.67. The monoisotopic (exact) mass is 223 g/mol. The van der Waals surface area contributed by atoms with E-state index in [1.807, 2.05) is 6.20 Å². The SMILES string of the molecule is CC1(C)CCC(=O)CC1Cc1ccns1. The normalized spacial score (nSPS) is 25.5. The molecule has 82 valence electrons. The van der Waals surface area contributed by atoms with Gasteiger partial charge >= 0.3 is 0 Å². The van der Waals surface area contributed by atoms with Crippen molar-refractivity contribution in [3.05, 3.63) is 17.1 Å². The van der Waals surface area contributed by atoms with Crippen LogP contribution in [0.5, 0.6) is 0 Å². The molecule has 0 aromatic carbocycles. The number of carbonyl (C=O) groups is 1. The van der Waals surface area contributed by atoms with Crippen molar-refractivity contribution in [1.29, 1.82) is 0 Å². The van der Waals surface area contributed by atoms with E-state index in [4.69, 9.17) is 0 Å². The first-order chi connectivity index (χ1) is 7.08. The minimum atomic E-state index is 0.303. The highest BCUT2D eigenvalue weighted by molar-refractivity contribution is 7.05. The highest BCUT2D eigenvalue weighted by Crippen LogP contribution is 2.41. The van der Waals surface area contributed by atoms with E-state index in [1.54, 1.807) is 11.5 Å². The Bertz CT molecular complexity index is 343. The molecule has 0 spiro atoms. The van der Waals surface area contributed by atoms with Crippen molar-refractivity contribution in [1.82, 2.24) is 4.37 Å². The van der Waals surface area contributed by atoms with E-state index in [-0.39, 0.29) is 0 Å². The summed E-state index contributed by atoms with van der Waals surface area (Å²) in [6.07, 6.45) is 5.42. The summed E-state index contributed by atoms with van der Waals surface area (Å²) in [5.41, 5.74) is 0.303. The average Bonchev–Trinajstić information content (AvgIpc) is 2.65. The van der Waals surface area contributed by atoms with Gasteiger partial charge in [-0.2, -0.15) is 0 Å². The van der Waals surface area contributed by atoms with E-state index in [0.717, 1.165) is 25.7 Å². The molecule has 0 aliphatic heterocycles. The average molecular weight is 223 g/mol. The van der Waals surface area contributed by atoms with Gasteiger partial charge in [-0.1, -0.05) is 13.8 Å². The molecule has 15 heavy (non-hydrogen) atoms. The first-order valence-electron chi connectivity index (χ1n) is 5.49. The number of rotatable bonds is 2. The highest BCUT2D eigenvalue weighted by atomic mass is 32.1. The second-order valence-corrected chi connectivity index (χ2v) is 6.03. The fourth-order valence-electron chi connectivity index (χ4n) is 2.26. The second-order valence-electron chi connectivity index (χ2n) is 5.11.